The number of nitrogens with two attached hydrogens (primary N) is 1. The van der Waals surface area contributed by atoms with E-state index in [1.54, 1.807) is 26.0 Å². The molecule has 54 heavy (non-hydrogen) atoms. The number of aliphatic hydroxyl groups is 1. The predicted octanol–water partition coefficient (Wildman–Crippen LogP) is 3.05. The van der Waals surface area contributed by atoms with Crippen LogP contribution in [0.3, 0.4) is 0 Å². The van der Waals surface area contributed by atoms with E-state index < -0.39 is 71.8 Å². The summed E-state index contributed by atoms with van der Waals surface area (Å²) in [4.78, 5) is 66.4. The highest BCUT2D eigenvalue weighted by Gasteiger charge is 2.34. The van der Waals surface area contributed by atoms with Crippen molar-refractivity contribution in [2.24, 2.45) is 17.6 Å². The third-order valence-corrected chi connectivity index (χ3v) is 9.18. The van der Waals surface area contributed by atoms with Crippen LogP contribution in [0, 0.1) is 11.8 Å². The first kappa shape index (κ1) is 45.5. The number of hydrogen-bond donors (Lipinski definition) is 9. The number of rotatable bonds is 24. The van der Waals surface area contributed by atoms with Crippen LogP contribution in [0.1, 0.15) is 97.1 Å². The number of hydrogen-bond acceptors (Lipinski definition) is 9. The number of nitrogens with one attached hydrogen (secondary N) is 4. The fourth-order valence-electron chi connectivity index (χ4n) is 5.93. The number of carbonyl (C=O) groups is 5. The van der Waals surface area contributed by atoms with Crippen LogP contribution in [0.15, 0.2) is 48.5 Å². The lowest BCUT2D eigenvalue weighted by atomic mass is 9.98. The van der Waals surface area contributed by atoms with Gasteiger partial charge in [0.1, 0.15) is 41.8 Å². The van der Waals surface area contributed by atoms with Gasteiger partial charge in [-0.15, -0.1) is 0 Å². The van der Waals surface area contributed by atoms with Crippen LogP contribution in [0.4, 0.5) is 0 Å². The van der Waals surface area contributed by atoms with Crippen molar-refractivity contribution in [3.8, 4) is 11.5 Å². The number of aryl methyl sites for hydroxylation is 1. The van der Waals surface area contributed by atoms with Crippen LogP contribution in [0.2, 0.25) is 0 Å². The maximum absolute atomic E-state index is 13.9. The molecule has 0 aliphatic carbocycles. The van der Waals surface area contributed by atoms with Crippen LogP contribution >= 0.6 is 0 Å². The molecule has 14 nitrogen and oxygen atoms in total. The van der Waals surface area contributed by atoms with Crippen molar-refractivity contribution < 1.29 is 44.4 Å². The molecule has 0 spiro atoms. The molecule has 6 unspecified atom stereocenters. The number of phenolic OH excluding ortho intramolecular Hbond substituents is 2. The smallest absolute Gasteiger partial charge is 0.326 e. The fourth-order valence-corrected chi connectivity index (χ4v) is 5.93. The number of amides is 4. The van der Waals surface area contributed by atoms with Crippen LogP contribution < -0.4 is 27.0 Å². The van der Waals surface area contributed by atoms with Gasteiger partial charge in [0.15, 0.2) is 0 Å². The van der Waals surface area contributed by atoms with Gasteiger partial charge in [-0.1, -0.05) is 91.0 Å². The van der Waals surface area contributed by atoms with Gasteiger partial charge in [-0.25, -0.2) is 4.79 Å². The standard InChI is InChI=1S/C40H61N5O9/c1-6-7-8-9-10-11-30(41)35(48)39(52)45-34(25(4)5)38(51)43-32(22-24(2)3)37(50)42-31(21-16-26-12-17-28(46)18-13-26)36(49)44-33(40(53)54)23-27-14-19-29(47)20-15-27/h12-15,17-20,24-25,30-35,46-48H,6-11,16,21-23,41H2,1-5H3,(H,42,50)(H,43,51)(H,44,49)(H,45,52)(H,53,54). The second-order valence-corrected chi connectivity index (χ2v) is 14.8. The van der Waals surface area contributed by atoms with Gasteiger partial charge < -0.3 is 47.4 Å². The summed E-state index contributed by atoms with van der Waals surface area (Å²) in [6.07, 6.45) is 4.25. The van der Waals surface area contributed by atoms with Crippen molar-refractivity contribution in [1.29, 1.82) is 0 Å². The Morgan fingerprint density at radius 1 is 0.648 bits per heavy atom. The SMILES string of the molecule is CCCCCCCC(N)C(O)C(=O)NC(C(=O)NC(CC(C)C)C(=O)NC(CCc1ccc(O)cc1)C(=O)NC(Cc1ccc(O)cc1)C(=O)O)C(C)C. The first-order valence-corrected chi connectivity index (χ1v) is 19.0. The van der Waals surface area contributed by atoms with Gasteiger partial charge in [-0.05, 0) is 72.9 Å². The van der Waals surface area contributed by atoms with Gasteiger partial charge in [-0.3, -0.25) is 19.2 Å². The van der Waals surface area contributed by atoms with Crippen LogP contribution in [-0.4, -0.2) is 86.3 Å². The van der Waals surface area contributed by atoms with Crippen molar-refractivity contribution >= 4 is 29.6 Å². The number of carboxylic acid groups (broad SMARTS) is 1. The largest absolute Gasteiger partial charge is 0.508 e. The minimum Gasteiger partial charge on any atom is -0.508 e. The molecular weight excluding hydrogens is 694 g/mol. The zero-order valence-corrected chi connectivity index (χ0v) is 32.2. The highest BCUT2D eigenvalue weighted by Crippen LogP contribution is 2.16. The summed E-state index contributed by atoms with van der Waals surface area (Å²) in [5.74, 6) is -4.66. The average molecular weight is 756 g/mol. The molecule has 4 amide bonds. The quantitative estimate of drug-likeness (QED) is 0.0710. The molecule has 0 bridgehead atoms. The number of aliphatic hydroxyl groups excluding tert-OH is 1. The Kier molecular flexibility index (Phi) is 19.5. The summed E-state index contributed by atoms with van der Waals surface area (Å²) in [6, 6.07) is 6.54. The van der Waals surface area contributed by atoms with Gasteiger partial charge in [-0.2, -0.15) is 0 Å². The Balaban J connectivity index is 2.24. The van der Waals surface area contributed by atoms with Gasteiger partial charge in [0.2, 0.25) is 17.7 Å². The number of aliphatic carboxylic acids is 1. The summed E-state index contributed by atoms with van der Waals surface area (Å²) < 4.78 is 0. The van der Waals surface area contributed by atoms with Gasteiger partial charge in [0, 0.05) is 12.5 Å². The molecule has 0 radical (unpaired) electrons. The Labute approximate surface area is 318 Å². The molecule has 14 heteroatoms. The van der Waals surface area contributed by atoms with Crippen LogP contribution in [-0.2, 0) is 36.8 Å². The van der Waals surface area contributed by atoms with Gasteiger partial charge in [0.25, 0.3) is 5.91 Å². The molecule has 0 aromatic heterocycles. The van der Waals surface area contributed by atoms with Gasteiger partial charge >= 0.3 is 5.97 Å². The number of benzene rings is 2. The predicted molar refractivity (Wildman–Crippen MR) is 205 cm³/mol. The Bertz CT molecular complexity index is 1480. The van der Waals surface area contributed by atoms with Gasteiger partial charge in [0.05, 0.1) is 0 Å². The summed E-state index contributed by atoms with van der Waals surface area (Å²) in [7, 11) is 0. The molecule has 0 saturated carbocycles. The maximum atomic E-state index is 13.9. The maximum Gasteiger partial charge on any atom is 0.326 e. The van der Waals surface area contributed by atoms with Crippen molar-refractivity contribution in [2.75, 3.05) is 0 Å². The molecule has 10 N–H and O–H groups in total. The second kappa shape index (κ2) is 23.2. The summed E-state index contributed by atoms with van der Waals surface area (Å²) >= 11 is 0. The highest BCUT2D eigenvalue weighted by atomic mass is 16.4. The molecule has 0 aliphatic rings. The number of carbonyl (C=O) groups excluding carboxylic acids is 4. The van der Waals surface area contributed by atoms with Crippen molar-refractivity contribution in [3.05, 3.63) is 59.7 Å². The zero-order chi connectivity index (χ0) is 40.4. The molecule has 6 atom stereocenters. The molecule has 0 saturated heterocycles. The molecule has 0 aliphatic heterocycles. The number of phenols is 2. The first-order valence-electron chi connectivity index (χ1n) is 19.0. The van der Waals surface area contributed by atoms with E-state index in [0.29, 0.717) is 12.0 Å². The van der Waals surface area contributed by atoms with Crippen LogP contribution in [0.5, 0.6) is 11.5 Å². The van der Waals surface area contributed by atoms with E-state index in [0.717, 1.165) is 37.7 Å². The van der Waals surface area contributed by atoms with Crippen molar-refractivity contribution in [3.63, 3.8) is 0 Å². The molecule has 2 aromatic carbocycles. The highest BCUT2D eigenvalue weighted by molar-refractivity contribution is 5.95. The molecule has 300 valence electrons. The summed E-state index contributed by atoms with van der Waals surface area (Å²) in [5.41, 5.74) is 7.42. The van der Waals surface area contributed by atoms with E-state index in [1.807, 2.05) is 13.8 Å². The molecule has 2 aromatic rings. The minimum atomic E-state index is -1.53. The number of aromatic hydroxyl groups is 2. The molecule has 0 fully saturated rings. The lowest BCUT2D eigenvalue weighted by Crippen LogP contribution is -2.60. The molecule has 0 heterocycles. The normalized spacial score (nSPS) is 14.7. The van der Waals surface area contributed by atoms with E-state index in [9.17, 15) is 44.4 Å². The molecular formula is C40H61N5O9. The van der Waals surface area contributed by atoms with Crippen molar-refractivity contribution in [2.45, 2.75) is 135 Å². The topological polar surface area (TPSA) is 240 Å². The fraction of sp³-hybridized carbons (Fsp3) is 0.575. The number of carboxylic acids is 1. The lowest BCUT2D eigenvalue weighted by molar-refractivity contribution is -0.142. The Hall–Kier alpha value is -4.69. The minimum absolute atomic E-state index is 0.00194. The first-order chi connectivity index (χ1) is 25.5. The molecule has 2 rings (SSSR count). The summed E-state index contributed by atoms with van der Waals surface area (Å²) in [5, 5.41) is 50.4. The van der Waals surface area contributed by atoms with E-state index in [2.05, 4.69) is 28.2 Å². The monoisotopic (exact) mass is 755 g/mol. The van der Waals surface area contributed by atoms with E-state index in [1.165, 1.54) is 36.4 Å². The van der Waals surface area contributed by atoms with E-state index >= 15 is 0 Å². The Morgan fingerprint density at radius 3 is 1.70 bits per heavy atom. The van der Waals surface area contributed by atoms with E-state index in [-0.39, 0.29) is 43.1 Å². The second-order valence-electron chi connectivity index (χ2n) is 14.8. The zero-order valence-electron chi connectivity index (χ0n) is 32.2. The van der Waals surface area contributed by atoms with Crippen LogP contribution in [0.25, 0.3) is 0 Å². The third kappa shape index (κ3) is 16.1. The average Bonchev–Trinajstić information content (AvgIpc) is 3.12. The summed E-state index contributed by atoms with van der Waals surface area (Å²) in [6.45, 7) is 9.23. The lowest BCUT2D eigenvalue weighted by Gasteiger charge is -2.29. The van der Waals surface area contributed by atoms with E-state index in [4.69, 9.17) is 5.73 Å². The third-order valence-electron chi connectivity index (χ3n) is 9.18. The van der Waals surface area contributed by atoms with Crippen molar-refractivity contribution in [1.82, 2.24) is 21.3 Å². The number of unbranched alkanes of at least 4 members (excludes halogenated alkanes) is 4. The Morgan fingerprint density at radius 2 is 1.17 bits per heavy atom.